The van der Waals surface area contributed by atoms with E-state index >= 15 is 0 Å². The molecule has 2 aliphatic heterocycles. The molecule has 5 rings (SSSR count). The minimum Gasteiger partial charge on any atom is -0.375 e. The highest BCUT2D eigenvalue weighted by Gasteiger charge is 2.41. The molecule has 4 heterocycles. The van der Waals surface area contributed by atoms with Crippen LogP contribution in [-0.4, -0.2) is 64.9 Å². The summed E-state index contributed by atoms with van der Waals surface area (Å²) in [6, 6.07) is 2.38. The Bertz CT molecular complexity index is 960. The van der Waals surface area contributed by atoms with E-state index in [0.29, 0.717) is 23.6 Å². The minimum atomic E-state index is 0.146. The van der Waals surface area contributed by atoms with E-state index in [0.717, 1.165) is 59.4 Å². The first-order chi connectivity index (χ1) is 13.9. The van der Waals surface area contributed by atoms with Gasteiger partial charge < -0.3 is 20.4 Å². The quantitative estimate of drug-likeness (QED) is 0.832. The van der Waals surface area contributed by atoms with Crippen molar-refractivity contribution in [2.24, 2.45) is 5.92 Å². The van der Waals surface area contributed by atoms with Crippen LogP contribution in [0.25, 0.3) is 10.6 Å². The highest BCUT2D eigenvalue weighted by atomic mass is 32.1. The molecule has 29 heavy (non-hydrogen) atoms. The molecule has 8 heteroatoms. The van der Waals surface area contributed by atoms with Crippen LogP contribution in [0.15, 0.2) is 6.07 Å². The molecule has 3 aliphatic rings. The Kier molecular flexibility index (Phi) is 4.51. The molecule has 1 aliphatic carbocycles. The number of nitrogen functional groups attached to an aromatic ring is 1. The summed E-state index contributed by atoms with van der Waals surface area (Å²) < 4.78 is 0. The van der Waals surface area contributed by atoms with Crippen LogP contribution in [0.1, 0.15) is 41.4 Å². The van der Waals surface area contributed by atoms with Crippen molar-refractivity contribution in [3.8, 4) is 10.6 Å². The fraction of sp³-hybridized carbons (Fsp3) is 0.571. The van der Waals surface area contributed by atoms with E-state index in [1.807, 2.05) is 6.92 Å². The van der Waals surface area contributed by atoms with Gasteiger partial charge in [0, 0.05) is 38.8 Å². The van der Waals surface area contributed by atoms with Crippen LogP contribution in [0.5, 0.6) is 0 Å². The first-order valence-corrected chi connectivity index (χ1v) is 11.3. The van der Waals surface area contributed by atoms with Crippen LogP contribution in [0.3, 0.4) is 0 Å². The van der Waals surface area contributed by atoms with Crippen molar-refractivity contribution in [1.29, 1.82) is 0 Å². The van der Waals surface area contributed by atoms with Crippen molar-refractivity contribution < 1.29 is 4.79 Å². The van der Waals surface area contributed by atoms with Gasteiger partial charge in [0.2, 0.25) is 0 Å². The fourth-order valence-electron chi connectivity index (χ4n) is 4.52. The molecule has 2 aromatic rings. The summed E-state index contributed by atoms with van der Waals surface area (Å²) in [5.74, 6) is 1.64. The van der Waals surface area contributed by atoms with E-state index in [4.69, 9.17) is 10.7 Å². The number of carbonyl (C=O) groups is 1. The highest BCUT2D eigenvalue weighted by molar-refractivity contribution is 7.18. The number of rotatable bonds is 4. The lowest BCUT2D eigenvalue weighted by atomic mass is 10.1. The minimum absolute atomic E-state index is 0.146. The Morgan fingerprint density at radius 2 is 1.93 bits per heavy atom. The summed E-state index contributed by atoms with van der Waals surface area (Å²) in [5, 5.41) is 0.556. The second-order valence-corrected chi connectivity index (χ2v) is 9.66. The van der Waals surface area contributed by atoms with Crippen molar-refractivity contribution in [1.82, 2.24) is 19.8 Å². The molecular weight excluding hydrogens is 384 g/mol. The SMILES string of the molecule is Cc1nc(N)sc1-c1cc2c(c(N3CCN(C)CC3)n1)C(=O)N([C@@H](C)C1CC1)C2. The van der Waals surface area contributed by atoms with Crippen LogP contribution in [0.2, 0.25) is 0 Å². The van der Waals surface area contributed by atoms with Crippen molar-refractivity contribution in [2.45, 2.75) is 39.3 Å². The number of carbonyl (C=O) groups excluding carboxylic acids is 1. The van der Waals surface area contributed by atoms with Gasteiger partial charge >= 0.3 is 0 Å². The predicted molar refractivity (Wildman–Crippen MR) is 116 cm³/mol. The lowest BCUT2D eigenvalue weighted by Gasteiger charge is -2.34. The molecule has 1 saturated carbocycles. The van der Waals surface area contributed by atoms with Gasteiger partial charge in [-0.2, -0.15) is 0 Å². The van der Waals surface area contributed by atoms with Crippen LogP contribution >= 0.6 is 11.3 Å². The van der Waals surface area contributed by atoms with Gasteiger partial charge in [-0.3, -0.25) is 4.79 Å². The van der Waals surface area contributed by atoms with E-state index in [-0.39, 0.29) is 5.91 Å². The van der Waals surface area contributed by atoms with Crippen LogP contribution in [0.4, 0.5) is 10.9 Å². The summed E-state index contributed by atoms with van der Waals surface area (Å²) in [4.78, 5) is 30.5. The van der Waals surface area contributed by atoms with Gasteiger partial charge in [0.1, 0.15) is 5.82 Å². The van der Waals surface area contributed by atoms with Crippen molar-refractivity contribution in [3.63, 3.8) is 0 Å². The number of piperazine rings is 1. The maximum absolute atomic E-state index is 13.4. The first kappa shape index (κ1) is 18.8. The van der Waals surface area contributed by atoms with Crippen molar-refractivity contribution in [3.05, 3.63) is 22.9 Å². The summed E-state index contributed by atoms with van der Waals surface area (Å²) in [5.41, 5.74) is 9.64. The third-order valence-electron chi connectivity index (χ3n) is 6.54. The van der Waals surface area contributed by atoms with Gasteiger partial charge in [0.15, 0.2) is 5.13 Å². The summed E-state index contributed by atoms with van der Waals surface area (Å²) in [7, 11) is 2.14. The number of hydrogen-bond donors (Lipinski definition) is 1. The molecule has 7 nitrogen and oxygen atoms in total. The number of aromatic nitrogens is 2. The second kappa shape index (κ2) is 6.95. The molecule has 1 saturated heterocycles. The number of aryl methyl sites for hydroxylation is 1. The van der Waals surface area contributed by atoms with Crippen LogP contribution in [0, 0.1) is 12.8 Å². The maximum Gasteiger partial charge on any atom is 0.258 e. The molecule has 0 radical (unpaired) electrons. The molecular formula is C21H28N6OS. The number of amides is 1. The van der Waals surface area contributed by atoms with E-state index in [2.05, 4.69) is 39.7 Å². The van der Waals surface area contributed by atoms with Gasteiger partial charge in [0.25, 0.3) is 5.91 Å². The average Bonchev–Trinajstić information content (AvgIpc) is 3.42. The number of likely N-dealkylation sites (N-methyl/N-ethyl adjacent to an activating group) is 1. The van der Waals surface area contributed by atoms with Crippen molar-refractivity contribution in [2.75, 3.05) is 43.9 Å². The number of pyridine rings is 1. The Hall–Kier alpha value is -2.19. The van der Waals surface area contributed by atoms with Gasteiger partial charge in [-0.25, -0.2) is 9.97 Å². The Morgan fingerprint density at radius 1 is 1.21 bits per heavy atom. The van der Waals surface area contributed by atoms with Gasteiger partial charge in [-0.15, -0.1) is 0 Å². The molecule has 1 atom stereocenters. The topological polar surface area (TPSA) is 78.6 Å². The lowest BCUT2D eigenvalue weighted by molar-refractivity contribution is 0.0697. The van der Waals surface area contributed by atoms with E-state index in [1.165, 1.54) is 24.2 Å². The number of hydrogen-bond acceptors (Lipinski definition) is 7. The van der Waals surface area contributed by atoms with Crippen molar-refractivity contribution >= 4 is 28.2 Å². The van der Waals surface area contributed by atoms with E-state index < -0.39 is 0 Å². The molecule has 2 aromatic heterocycles. The molecule has 154 valence electrons. The Balaban J connectivity index is 1.59. The Morgan fingerprint density at radius 3 is 2.55 bits per heavy atom. The summed E-state index contributed by atoms with van der Waals surface area (Å²) >= 11 is 1.47. The number of anilines is 2. The normalized spacial score (nSPS) is 21.0. The van der Waals surface area contributed by atoms with Gasteiger partial charge in [-0.1, -0.05) is 11.3 Å². The standard InChI is InChI=1S/C21H28N6OS/c1-12-18(29-21(22)23-12)16-10-15-11-27(13(2)14-4-5-14)20(28)17(15)19(24-16)26-8-6-25(3)7-9-26/h10,13-14H,4-9,11H2,1-3H3,(H2,22,23)/t13-/m0/s1. The molecule has 2 N–H and O–H groups in total. The zero-order chi connectivity index (χ0) is 20.3. The van der Waals surface area contributed by atoms with E-state index in [1.54, 1.807) is 0 Å². The summed E-state index contributed by atoms with van der Waals surface area (Å²) in [6.45, 7) is 8.56. The second-order valence-electron chi connectivity index (χ2n) is 8.63. The van der Waals surface area contributed by atoms with Crippen LogP contribution < -0.4 is 10.6 Å². The third kappa shape index (κ3) is 3.28. The lowest BCUT2D eigenvalue weighted by Crippen LogP contribution is -2.45. The highest BCUT2D eigenvalue weighted by Crippen LogP contribution is 2.42. The largest absolute Gasteiger partial charge is 0.375 e. The molecule has 0 spiro atoms. The molecule has 0 aromatic carbocycles. The smallest absolute Gasteiger partial charge is 0.258 e. The number of thiazole rings is 1. The fourth-order valence-corrected chi connectivity index (χ4v) is 5.31. The molecule has 0 unspecified atom stereocenters. The predicted octanol–water partition coefficient (Wildman–Crippen LogP) is 2.60. The maximum atomic E-state index is 13.4. The third-order valence-corrected chi connectivity index (χ3v) is 7.55. The Labute approximate surface area is 175 Å². The molecule has 1 amide bonds. The van der Waals surface area contributed by atoms with E-state index in [9.17, 15) is 4.79 Å². The monoisotopic (exact) mass is 412 g/mol. The first-order valence-electron chi connectivity index (χ1n) is 10.4. The number of nitrogens with zero attached hydrogens (tertiary/aromatic N) is 5. The molecule has 0 bridgehead atoms. The van der Waals surface area contributed by atoms with Gasteiger partial charge in [0.05, 0.1) is 21.8 Å². The zero-order valence-electron chi connectivity index (χ0n) is 17.3. The number of nitrogens with two attached hydrogens (primary N) is 1. The average molecular weight is 413 g/mol. The summed E-state index contributed by atoms with van der Waals surface area (Å²) in [6.07, 6.45) is 2.46. The molecule has 2 fully saturated rings. The van der Waals surface area contributed by atoms with Crippen LogP contribution in [-0.2, 0) is 6.54 Å². The van der Waals surface area contributed by atoms with Gasteiger partial charge in [-0.05, 0) is 51.3 Å². The zero-order valence-corrected chi connectivity index (χ0v) is 18.1. The number of fused-ring (bicyclic) bond motifs is 1.